The largest absolute Gasteiger partial charge is 0.313 e. The molecule has 3 nitrogen and oxygen atoms in total. The topological polar surface area (TPSA) is 29.9 Å². The van der Waals surface area contributed by atoms with Crippen LogP contribution in [0.5, 0.6) is 0 Å². The summed E-state index contributed by atoms with van der Waals surface area (Å²) in [5.74, 6) is 0. The van der Waals surface area contributed by atoms with Crippen LogP contribution in [-0.2, 0) is 13.5 Å². The van der Waals surface area contributed by atoms with Gasteiger partial charge in [-0.15, -0.1) is 0 Å². The quantitative estimate of drug-likeness (QED) is 0.830. The molecular weight excluding hydrogens is 198 g/mol. The number of rotatable bonds is 5. The standard InChI is InChI=1S/C13H25N3/c1-6-7-14-12(13(2,3)4)8-11-9-15-16(5)10-11/h9-10,12,14H,6-8H2,1-5H3. The van der Waals surface area contributed by atoms with Crippen LogP contribution in [0.2, 0.25) is 0 Å². The summed E-state index contributed by atoms with van der Waals surface area (Å²) in [6.07, 6.45) is 6.30. The van der Waals surface area contributed by atoms with Gasteiger partial charge in [0.05, 0.1) is 6.20 Å². The molecule has 0 bridgehead atoms. The van der Waals surface area contributed by atoms with Gasteiger partial charge in [-0.1, -0.05) is 27.7 Å². The summed E-state index contributed by atoms with van der Waals surface area (Å²) in [6, 6.07) is 0.511. The molecule has 0 radical (unpaired) electrons. The van der Waals surface area contributed by atoms with E-state index in [-0.39, 0.29) is 5.41 Å². The SMILES string of the molecule is CCCNC(Cc1cnn(C)c1)C(C)(C)C. The molecule has 92 valence electrons. The number of aryl methyl sites for hydroxylation is 1. The fourth-order valence-corrected chi connectivity index (χ4v) is 1.82. The van der Waals surface area contributed by atoms with Crippen molar-refractivity contribution in [3.8, 4) is 0 Å². The first-order valence-corrected chi connectivity index (χ1v) is 6.14. The summed E-state index contributed by atoms with van der Waals surface area (Å²) in [4.78, 5) is 0. The molecule has 1 aromatic heterocycles. The zero-order valence-corrected chi connectivity index (χ0v) is 11.2. The highest BCUT2D eigenvalue weighted by atomic mass is 15.2. The van der Waals surface area contributed by atoms with Crippen LogP contribution in [0.1, 0.15) is 39.7 Å². The molecule has 1 unspecified atom stereocenters. The van der Waals surface area contributed by atoms with E-state index in [9.17, 15) is 0 Å². The lowest BCUT2D eigenvalue weighted by molar-refractivity contribution is 0.267. The summed E-state index contributed by atoms with van der Waals surface area (Å²) >= 11 is 0. The Hall–Kier alpha value is -0.830. The maximum Gasteiger partial charge on any atom is 0.0522 e. The van der Waals surface area contributed by atoms with E-state index in [2.05, 4.69) is 44.3 Å². The molecule has 0 amide bonds. The number of hydrogen-bond acceptors (Lipinski definition) is 2. The summed E-state index contributed by atoms with van der Waals surface area (Å²) in [7, 11) is 1.97. The number of nitrogens with zero attached hydrogens (tertiary/aromatic N) is 2. The van der Waals surface area contributed by atoms with Crippen LogP contribution < -0.4 is 5.32 Å². The maximum atomic E-state index is 4.22. The molecular formula is C13H25N3. The fraction of sp³-hybridized carbons (Fsp3) is 0.769. The molecule has 1 atom stereocenters. The van der Waals surface area contributed by atoms with Crippen LogP contribution in [0.3, 0.4) is 0 Å². The van der Waals surface area contributed by atoms with E-state index in [0.717, 1.165) is 13.0 Å². The normalized spacial score (nSPS) is 14.1. The highest BCUT2D eigenvalue weighted by Gasteiger charge is 2.24. The van der Waals surface area contributed by atoms with Crippen LogP contribution in [0.15, 0.2) is 12.4 Å². The molecule has 1 rings (SSSR count). The number of nitrogens with one attached hydrogen (secondary N) is 1. The van der Waals surface area contributed by atoms with Gasteiger partial charge in [-0.2, -0.15) is 5.10 Å². The number of aromatic nitrogens is 2. The number of hydrogen-bond donors (Lipinski definition) is 1. The van der Waals surface area contributed by atoms with E-state index in [1.54, 1.807) is 0 Å². The Labute approximate surface area is 99.2 Å². The molecule has 0 saturated heterocycles. The second-order valence-corrected chi connectivity index (χ2v) is 5.60. The summed E-state index contributed by atoms with van der Waals surface area (Å²) in [5.41, 5.74) is 1.59. The van der Waals surface area contributed by atoms with Gasteiger partial charge in [0, 0.05) is 19.3 Å². The van der Waals surface area contributed by atoms with E-state index in [1.807, 2.05) is 17.9 Å². The highest BCUT2D eigenvalue weighted by molar-refractivity contribution is 5.07. The summed E-state index contributed by atoms with van der Waals surface area (Å²) in [6.45, 7) is 10.2. The van der Waals surface area contributed by atoms with Crippen molar-refractivity contribution in [3.63, 3.8) is 0 Å². The molecule has 0 spiro atoms. The molecule has 16 heavy (non-hydrogen) atoms. The molecule has 0 aliphatic carbocycles. The van der Waals surface area contributed by atoms with Gasteiger partial charge in [0.25, 0.3) is 0 Å². The molecule has 0 aliphatic heterocycles. The first-order valence-electron chi connectivity index (χ1n) is 6.14. The van der Waals surface area contributed by atoms with Crippen molar-refractivity contribution in [2.24, 2.45) is 12.5 Å². The van der Waals surface area contributed by atoms with Crippen LogP contribution >= 0.6 is 0 Å². The first-order chi connectivity index (χ1) is 7.43. The predicted molar refractivity (Wildman–Crippen MR) is 68.4 cm³/mol. The monoisotopic (exact) mass is 223 g/mol. The molecule has 0 saturated carbocycles. The van der Waals surface area contributed by atoms with Crippen molar-refractivity contribution < 1.29 is 0 Å². The lowest BCUT2D eigenvalue weighted by atomic mass is 9.83. The Morgan fingerprint density at radius 2 is 2.12 bits per heavy atom. The zero-order valence-electron chi connectivity index (χ0n) is 11.2. The van der Waals surface area contributed by atoms with E-state index in [0.29, 0.717) is 6.04 Å². The zero-order chi connectivity index (χ0) is 12.2. The maximum absolute atomic E-state index is 4.22. The van der Waals surface area contributed by atoms with Crippen molar-refractivity contribution in [2.75, 3.05) is 6.54 Å². The van der Waals surface area contributed by atoms with E-state index >= 15 is 0 Å². The average molecular weight is 223 g/mol. The lowest BCUT2D eigenvalue weighted by Gasteiger charge is -2.31. The van der Waals surface area contributed by atoms with Gasteiger partial charge in [0.1, 0.15) is 0 Å². The molecule has 1 aromatic rings. The fourth-order valence-electron chi connectivity index (χ4n) is 1.82. The minimum absolute atomic E-state index is 0.283. The smallest absolute Gasteiger partial charge is 0.0522 e. The minimum atomic E-state index is 0.283. The predicted octanol–water partition coefficient (Wildman–Crippen LogP) is 2.38. The van der Waals surface area contributed by atoms with E-state index < -0.39 is 0 Å². The van der Waals surface area contributed by atoms with Gasteiger partial charge >= 0.3 is 0 Å². The first kappa shape index (κ1) is 13.2. The molecule has 0 fully saturated rings. The third-order valence-electron chi connectivity index (χ3n) is 2.88. The Morgan fingerprint density at radius 3 is 2.56 bits per heavy atom. The third-order valence-corrected chi connectivity index (χ3v) is 2.88. The van der Waals surface area contributed by atoms with E-state index in [4.69, 9.17) is 0 Å². The molecule has 1 heterocycles. The van der Waals surface area contributed by atoms with Crippen LogP contribution in [0.25, 0.3) is 0 Å². The molecule has 0 aliphatic rings. The van der Waals surface area contributed by atoms with Gasteiger partial charge in [-0.05, 0) is 30.4 Å². The van der Waals surface area contributed by atoms with Gasteiger partial charge in [-0.3, -0.25) is 4.68 Å². The Bertz CT molecular complexity index is 309. The average Bonchev–Trinajstić information content (AvgIpc) is 2.57. The molecule has 1 N–H and O–H groups in total. The Morgan fingerprint density at radius 1 is 1.44 bits per heavy atom. The van der Waals surface area contributed by atoms with Gasteiger partial charge in [0.15, 0.2) is 0 Å². The third kappa shape index (κ3) is 3.97. The van der Waals surface area contributed by atoms with Crippen molar-refractivity contribution in [2.45, 2.75) is 46.6 Å². The molecule has 3 heteroatoms. The minimum Gasteiger partial charge on any atom is -0.313 e. The Kier molecular flexibility index (Phi) is 4.54. The summed E-state index contributed by atoms with van der Waals surface area (Å²) < 4.78 is 1.87. The van der Waals surface area contributed by atoms with Crippen LogP contribution in [0.4, 0.5) is 0 Å². The van der Waals surface area contributed by atoms with Crippen LogP contribution in [0, 0.1) is 5.41 Å². The highest BCUT2D eigenvalue weighted by Crippen LogP contribution is 2.22. The van der Waals surface area contributed by atoms with Gasteiger partial charge in [0.2, 0.25) is 0 Å². The van der Waals surface area contributed by atoms with Crippen molar-refractivity contribution in [1.29, 1.82) is 0 Å². The summed E-state index contributed by atoms with van der Waals surface area (Å²) in [5, 5.41) is 7.85. The second-order valence-electron chi connectivity index (χ2n) is 5.60. The molecule has 0 aromatic carbocycles. The van der Waals surface area contributed by atoms with Crippen LogP contribution in [-0.4, -0.2) is 22.4 Å². The van der Waals surface area contributed by atoms with Gasteiger partial charge < -0.3 is 5.32 Å². The van der Waals surface area contributed by atoms with Gasteiger partial charge in [-0.25, -0.2) is 0 Å². The van der Waals surface area contributed by atoms with E-state index in [1.165, 1.54) is 12.0 Å². The second kappa shape index (κ2) is 5.48. The van der Waals surface area contributed by atoms with Crippen molar-refractivity contribution in [3.05, 3.63) is 18.0 Å². The Balaban J connectivity index is 2.63. The van der Waals surface area contributed by atoms with Crippen molar-refractivity contribution >= 4 is 0 Å². The lowest BCUT2D eigenvalue weighted by Crippen LogP contribution is -2.42. The van der Waals surface area contributed by atoms with Crippen molar-refractivity contribution in [1.82, 2.24) is 15.1 Å².